The number of unbranched alkanes of at least 4 members (excludes halogenated alkanes) is 7. The van der Waals surface area contributed by atoms with Crippen molar-refractivity contribution in [1.29, 1.82) is 0 Å². The highest BCUT2D eigenvalue weighted by Gasteiger charge is 2.14. The maximum atomic E-state index is 6.30. The van der Waals surface area contributed by atoms with Crippen molar-refractivity contribution in [3.8, 4) is 5.75 Å². The Hall–Kier alpha value is -2.80. The monoisotopic (exact) mass is 408 g/mol. The van der Waals surface area contributed by atoms with E-state index >= 15 is 0 Å². The Labute approximate surface area is 185 Å². The third kappa shape index (κ3) is 3.83. The van der Waals surface area contributed by atoms with Gasteiger partial charge in [-0.05, 0) is 44.8 Å². The van der Waals surface area contributed by atoms with E-state index in [1.54, 1.807) is 0 Å². The first kappa shape index (κ1) is 20.1. The fraction of sp³-hybridized carbons (Fsp3) is 0.333. The Morgan fingerprint density at radius 3 is 1.77 bits per heavy atom. The quantitative estimate of drug-likeness (QED) is 0.127. The Bertz CT molecular complexity index is 1250. The van der Waals surface area contributed by atoms with Gasteiger partial charge in [-0.3, -0.25) is 0 Å². The predicted molar refractivity (Wildman–Crippen MR) is 136 cm³/mol. The molecule has 0 unspecified atom stereocenters. The number of ether oxygens (including phenoxy) is 1. The van der Waals surface area contributed by atoms with Crippen molar-refractivity contribution >= 4 is 43.1 Å². The van der Waals surface area contributed by atoms with E-state index in [2.05, 4.69) is 73.7 Å². The number of fused-ring (bicyclic) bond motifs is 2. The number of rotatable bonds is 10. The van der Waals surface area contributed by atoms with Gasteiger partial charge in [0.25, 0.3) is 0 Å². The maximum absolute atomic E-state index is 6.30. The third-order valence-corrected chi connectivity index (χ3v) is 6.74. The van der Waals surface area contributed by atoms with E-state index in [0.29, 0.717) is 0 Å². The average Bonchev–Trinajstić information content (AvgIpc) is 2.81. The van der Waals surface area contributed by atoms with Crippen LogP contribution in [0.25, 0.3) is 43.1 Å². The van der Waals surface area contributed by atoms with Gasteiger partial charge in [0.1, 0.15) is 5.75 Å². The van der Waals surface area contributed by atoms with E-state index in [1.807, 2.05) is 0 Å². The van der Waals surface area contributed by atoms with Gasteiger partial charge < -0.3 is 4.74 Å². The molecule has 0 heterocycles. The van der Waals surface area contributed by atoms with Crippen molar-refractivity contribution in [1.82, 2.24) is 0 Å². The molecular formula is C30H32O. The molecule has 0 aliphatic rings. The van der Waals surface area contributed by atoms with E-state index in [4.69, 9.17) is 4.74 Å². The predicted octanol–water partition coefficient (Wildman–Crippen LogP) is 9.26. The zero-order valence-corrected chi connectivity index (χ0v) is 18.6. The van der Waals surface area contributed by atoms with Crippen LogP contribution >= 0.6 is 0 Å². The molecule has 0 atom stereocenters. The van der Waals surface area contributed by atoms with Crippen LogP contribution in [0.5, 0.6) is 5.75 Å². The largest absolute Gasteiger partial charge is 0.493 e. The van der Waals surface area contributed by atoms with Crippen molar-refractivity contribution in [3.63, 3.8) is 0 Å². The lowest BCUT2D eigenvalue weighted by Gasteiger charge is -2.16. The lowest BCUT2D eigenvalue weighted by atomic mass is 9.90. The van der Waals surface area contributed by atoms with Crippen LogP contribution in [-0.4, -0.2) is 6.61 Å². The highest BCUT2D eigenvalue weighted by Crippen LogP contribution is 2.42. The Morgan fingerprint density at radius 1 is 0.516 bits per heavy atom. The summed E-state index contributed by atoms with van der Waals surface area (Å²) < 4.78 is 6.30. The molecule has 1 heteroatoms. The molecule has 5 aromatic carbocycles. The minimum atomic E-state index is 0.805. The minimum absolute atomic E-state index is 0.805. The third-order valence-electron chi connectivity index (χ3n) is 6.74. The first-order chi connectivity index (χ1) is 15.4. The molecule has 0 saturated carbocycles. The molecule has 5 rings (SSSR count). The number of hydrogen-bond donors (Lipinski definition) is 0. The second kappa shape index (κ2) is 9.14. The van der Waals surface area contributed by atoms with Crippen LogP contribution in [0.4, 0.5) is 0 Å². The molecule has 1 nitrogen and oxygen atoms in total. The molecule has 0 aliphatic heterocycles. The van der Waals surface area contributed by atoms with Crippen molar-refractivity contribution in [3.05, 3.63) is 66.7 Å². The Balaban J connectivity index is 1.39. The SMILES string of the molecule is CCCCCCCCCCOc1ccc2c3cccc4cccc(c5cccc1c52)c43. The van der Waals surface area contributed by atoms with Crippen molar-refractivity contribution in [2.24, 2.45) is 0 Å². The lowest BCUT2D eigenvalue weighted by Crippen LogP contribution is -1.98. The topological polar surface area (TPSA) is 9.23 Å². The summed E-state index contributed by atoms with van der Waals surface area (Å²) in [5.41, 5.74) is 0. The summed E-state index contributed by atoms with van der Waals surface area (Å²) in [6.07, 6.45) is 10.6. The highest BCUT2D eigenvalue weighted by atomic mass is 16.5. The second-order valence-electron chi connectivity index (χ2n) is 8.87. The normalized spacial score (nSPS) is 11.9. The van der Waals surface area contributed by atoms with E-state index < -0.39 is 0 Å². The van der Waals surface area contributed by atoms with Crippen molar-refractivity contribution < 1.29 is 4.74 Å². The molecule has 0 aliphatic carbocycles. The van der Waals surface area contributed by atoms with E-state index in [0.717, 1.165) is 18.8 Å². The molecule has 0 saturated heterocycles. The number of benzene rings is 5. The van der Waals surface area contributed by atoms with Gasteiger partial charge in [0, 0.05) is 10.8 Å². The van der Waals surface area contributed by atoms with Gasteiger partial charge in [-0.2, -0.15) is 0 Å². The van der Waals surface area contributed by atoms with Crippen LogP contribution in [0.2, 0.25) is 0 Å². The van der Waals surface area contributed by atoms with E-state index in [-0.39, 0.29) is 0 Å². The molecule has 0 aromatic heterocycles. The second-order valence-corrected chi connectivity index (χ2v) is 8.87. The summed E-state index contributed by atoms with van der Waals surface area (Å²) >= 11 is 0. The molecule has 0 radical (unpaired) electrons. The van der Waals surface area contributed by atoms with E-state index in [1.165, 1.54) is 88.0 Å². The van der Waals surface area contributed by atoms with Crippen molar-refractivity contribution in [2.75, 3.05) is 6.61 Å². The van der Waals surface area contributed by atoms with Gasteiger partial charge in [-0.1, -0.05) is 113 Å². The molecule has 0 N–H and O–H groups in total. The lowest BCUT2D eigenvalue weighted by molar-refractivity contribution is 0.308. The summed E-state index contributed by atoms with van der Waals surface area (Å²) in [5, 5.41) is 10.6. The van der Waals surface area contributed by atoms with Crippen LogP contribution < -0.4 is 4.74 Å². The first-order valence-corrected chi connectivity index (χ1v) is 12.1. The van der Waals surface area contributed by atoms with Gasteiger partial charge in [0.05, 0.1) is 6.61 Å². The molecule has 0 bridgehead atoms. The van der Waals surface area contributed by atoms with Crippen LogP contribution in [0.1, 0.15) is 58.3 Å². The van der Waals surface area contributed by atoms with Gasteiger partial charge >= 0.3 is 0 Å². The smallest absolute Gasteiger partial charge is 0.127 e. The van der Waals surface area contributed by atoms with Crippen LogP contribution in [0.15, 0.2) is 66.7 Å². The van der Waals surface area contributed by atoms with Gasteiger partial charge in [0.2, 0.25) is 0 Å². The highest BCUT2D eigenvalue weighted by molar-refractivity contribution is 6.33. The molecule has 0 spiro atoms. The molecule has 0 fully saturated rings. The molecule has 158 valence electrons. The van der Waals surface area contributed by atoms with Gasteiger partial charge in [-0.25, -0.2) is 0 Å². The Kier molecular flexibility index (Phi) is 5.93. The maximum Gasteiger partial charge on any atom is 0.127 e. The Morgan fingerprint density at radius 2 is 1.06 bits per heavy atom. The summed E-state index contributed by atoms with van der Waals surface area (Å²) in [6.45, 7) is 3.08. The fourth-order valence-corrected chi connectivity index (χ4v) is 5.16. The molecule has 31 heavy (non-hydrogen) atoms. The van der Waals surface area contributed by atoms with Gasteiger partial charge in [0.15, 0.2) is 0 Å². The van der Waals surface area contributed by atoms with Crippen molar-refractivity contribution in [2.45, 2.75) is 58.3 Å². The van der Waals surface area contributed by atoms with Crippen LogP contribution in [0, 0.1) is 0 Å². The number of hydrogen-bond acceptors (Lipinski definition) is 1. The fourth-order valence-electron chi connectivity index (χ4n) is 5.16. The minimum Gasteiger partial charge on any atom is -0.493 e. The molecule has 5 aromatic rings. The molecule has 0 amide bonds. The first-order valence-electron chi connectivity index (χ1n) is 12.1. The zero-order valence-electron chi connectivity index (χ0n) is 18.6. The summed E-state index contributed by atoms with van der Waals surface area (Å²) in [6, 6.07) is 24.4. The summed E-state index contributed by atoms with van der Waals surface area (Å²) in [7, 11) is 0. The summed E-state index contributed by atoms with van der Waals surface area (Å²) in [4.78, 5) is 0. The van der Waals surface area contributed by atoms with Gasteiger partial charge in [-0.15, -0.1) is 0 Å². The summed E-state index contributed by atoms with van der Waals surface area (Å²) in [5.74, 6) is 1.02. The van der Waals surface area contributed by atoms with Crippen LogP contribution in [0.3, 0.4) is 0 Å². The van der Waals surface area contributed by atoms with Crippen LogP contribution in [-0.2, 0) is 0 Å². The average molecular weight is 409 g/mol. The standard InChI is InChI=1S/C30H32O/c1-2-3-4-5-6-7-8-9-21-31-28-20-19-26-24-16-11-14-22-13-10-15-23(29(22)24)25-17-12-18-27(28)30(25)26/h10-20H,2-9,21H2,1H3. The van der Waals surface area contributed by atoms with E-state index in [9.17, 15) is 0 Å². The zero-order chi connectivity index (χ0) is 21.0. The molecular weight excluding hydrogens is 376 g/mol.